The van der Waals surface area contributed by atoms with Crippen molar-refractivity contribution in [2.75, 3.05) is 0 Å². The SMILES string of the molecule is O=C(NC1CCCCC1)c1csc(-c2ccc(O)cc2O)n1. The van der Waals surface area contributed by atoms with E-state index in [1.165, 1.54) is 29.9 Å². The van der Waals surface area contributed by atoms with Crippen molar-refractivity contribution in [3.05, 3.63) is 29.3 Å². The molecule has 6 heteroatoms. The maximum Gasteiger partial charge on any atom is 0.270 e. The van der Waals surface area contributed by atoms with Gasteiger partial charge >= 0.3 is 0 Å². The predicted molar refractivity (Wildman–Crippen MR) is 85.2 cm³/mol. The van der Waals surface area contributed by atoms with E-state index in [1.54, 1.807) is 11.4 Å². The number of phenols is 2. The van der Waals surface area contributed by atoms with Crippen molar-refractivity contribution >= 4 is 17.2 Å². The summed E-state index contributed by atoms with van der Waals surface area (Å²) in [5.41, 5.74) is 0.887. The molecule has 1 amide bonds. The Balaban J connectivity index is 1.73. The van der Waals surface area contributed by atoms with E-state index in [0.717, 1.165) is 25.7 Å². The quantitative estimate of drug-likeness (QED) is 0.811. The van der Waals surface area contributed by atoms with Gasteiger partial charge in [-0.25, -0.2) is 4.98 Å². The van der Waals surface area contributed by atoms with Gasteiger partial charge in [-0.05, 0) is 25.0 Å². The number of rotatable bonds is 3. The number of carbonyl (C=O) groups excluding carboxylic acids is 1. The van der Waals surface area contributed by atoms with E-state index in [4.69, 9.17) is 0 Å². The summed E-state index contributed by atoms with van der Waals surface area (Å²) in [7, 11) is 0. The minimum absolute atomic E-state index is 0.00642. The van der Waals surface area contributed by atoms with Crippen molar-refractivity contribution in [3.63, 3.8) is 0 Å². The Morgan fingerprint density at radius 1 is 1.23 bits per heavy atom. The van der Waals surface area contributed by atoms with Gasteiger partial charge in [0, 0.05) is 17.5 Å². The summed E-state index contributed by atoms with van der Waals surface area (Å²) >= 11 is 1.30. The summed E-state index contributed by atoms with van der Waals surface area (Å²) in [4.78, 5) is 16.5. The number of nitrogens with zero attached hydrogens (tertiary/aromatic N) is 1. The van der Waals surface area contributed by atoms with Crippen molar-refractivity contribution in [1.29, 1.82) is 0 Å². The van der Waals surface area contributed by atoms with Gasteiger partial charge in [-0.15, -0.1) is 11.3 Å². The highest BCUT2D eigenvalue weighted by atomic mass is 32.1. The third-order valence-electron chi connectivity index (χ3n) is 3.89. The molecule has 1 aromatic heterocycles. The van der Waals surface area contributed by atoms with Gasteiger partial charge in [0.1, 0.15) is 22.2 Å². The Bertz CT molecular complexity index is 678. The molecule has 1 aliphatic carbocycles. The molecular formula is C16H18N2O3S. The van der Waals surface area contributed by atoms with Crippen molar-refractivity contribution in [2.24, 2.45) is 0 Å². The third-order valence-corrected chi connectivity index (χ3v) is 4.76. The van der Waals surface area contributed by atoms with E-state index >= 15 is 0 Å². The lowest BCUT2D eigenvalue weighted by atomic mass is 9.95. The molecule has 0 saturated heterocycles. The fourth-order valence-electron chi connectivity index (χ4n) is 2.71. The molecule has 0 atom stereocenters. The number of benzene rings is 1. The first-order valence-corrected chi connectivity index (χ1v) is 8.30. The Morgan fingerprint density at radius 3 is 2.73 bits per heavy atom. The van der Waals surface area contributed by atoms with Gasteiger partial charge in [-0.1, -0.05) is 19.3 Å². The molecular weight excluding hydrogens is 300 g/mol. The molecule has 0 unspecified atom stereocenters. The summed E-state index contributed by atoms with van der Waals surface area (Å²) in [5, 5.41) is 24.5. The number of hydrogen-bond acceptors (Lipinski definition) is 5. The van der Waals surface area contributed by atoms with Crippen LogP contribution in [0.25, 0.3) is 10.6 Å². The summed E-state index contributed by atoms with van der Waals surface area (Å²) < 4.78 is 0. The van der Waals surface area contributed by atoms with Gasteiger partial charge in [0.15, 0.2) is 0 Å². The molecule has 22 heavy (non-hydrogen) atoms. The zero-order chi connectivity index (χ0) is 15.5. The standard InChI is InChI=1S/C16H18N2O3S/c19-11-6-7-12(14(20)8-11)16-18-13(9-22-16)15(21)17-10-4-2-1-3-5-10/h6-10,19-20H,1-5H2,(H,17,21). The molecule has 116 valence electrons. The molecule has 0 bridgehead atoms. The molecule has 0 aliphatic heterocycles. The molecule has 3 rings (SSSR count). The number of phenolic OH excluding ortho intramolecular Hbond substituents is 2. The summed E-state index contributed by atoms with van der Waals surface area (Å²) in [6.45, 7) is 0. The molecule has 1 fully saturated rings. The average Bonchev–Trinajstić information content (AvgIpc) is 2.98. The molecule has 1 saturated carbocycles. The van der Waals surface area contributed by atoms with E-state index < -0.39 is 0 Å². The maximum atomic E-state index is 12.2. The van der Waals surface area contributed by atoms with Crippen molar-refractivity contribution < 1.29 is 15.0 Å². The molecule has 3 N–H and O–H groups in total. The average molecular weight is 318 g/mol. The zero-order valence-electron chi connectivity index (χ0n) is 12.1. The Labute approximate surface area is 132 Å². The van der Waals surface area contributed by atoms with Crippen LogP contribution in [0.2, 0.25) is 0 Å². The Kier molecular flexibility index (Phi) is 4.29. The highest BCUT2D eigenvalue weighted by molar-refractivity contribution is 7.13. The van der Waals surface area contributed by atoms with Gasteiger partial charge in [-0.3, -0.25) is 4.79 Å². The first-order chi connectivity index (χ1) is 10.6. The zero-order valence-corrected chi connectivity index (χ0v) is 12.9. The normalized spacial score (nSPS) is 15.6. The predicted octanol–water partition coefficient (Wildman–Crippen LogP) is 3.28. The van der Waals surface area contributed by atoms with E-state index in [-0.39, 0.29) is 23.4 Å². The van der Waals surface area contributed by atoms with Crippen LogP contribution in [0.5, 0.6) is 11.5 Å². The van der Waals surface area contributed by atoms with Gasteiger partial charge in [0.2, 0.25) is 0 Å². The minimum atomic E-state index is -0.160. The first-order valence-electron chi connectivity index (χ1n) is 7.42. The number of aromatic nitrogens is 1. The van der Waals surface area contributed by atoms with Crippen LogP contribution in [-0.2, 0) is 0 Å². The third kappa shape index (κ3) is 3.22. The lowest BCUT2D eigenvalue weighted by molar-refractivity contribution is 0.0923. The lowest BCUT2D eigenvalue weighted by Gasteiger charge is -2.22. The number of nitrogens with one attached hydrogen (secondary N) is 1. The topological polar surface area (TPSA) is 82.5 Å². The monoisotopic (exact) mass is 318 g/mol. The fraction of sp³-hybridized carbons (Fsp3) is 0.375. The smallest absolute Gasteiger partial charge is 0.270 e. The van der Waals surface area contributed by atoms with Gasteiger partial charge in [0.25, 0.3) is 5.91 Å². The molecule has 0 radical (unpaired) electrons. The van der Waals surface area contributed by atoms with E-state index in [9.17, 15) is 15.0 Å². The van der Waals surface area contributed by atoms with Crippen LogP contribution in [0.4, 0.5) is 0 Å². The van der Waals surface area contributed by atoms with Crippen LogP contribution < -0.4 is 5.32 Å². The second-order valence-electron chi connectivity index (χ2n) is 5.55. The van der Waals surface area contributed by atoms with E-state index in [2.05, 4.69) is 10.3 Å². The largest absolute Gasteiger partial charge is 0.508 e. The molecule has 1 aliphatic rings. The Morgan fingerprint density at radius 2 is 2.00 bits per heavy atom. The van der Waals surface area contributed by atoms with E-state index in [0.29, 0.717) is 16.3 Å². The molecule has 1 aromatic carbocycles. The van der Waals surface area contributed by atoms with Crippen LogP contribution in [0.1, 0.15) is 42.6 Å². The summed E-state index contributed by atoms with van der Waals surface area (Å²) in [6.07, 6.45) is 5.62. The summed E-state index contributed by atoms with van der Waals surface area (Å²) in [6, 6.07) is 4.58. The first kappa shape index (κ1) is 14.8. The fourth-order valence-corrected chi connectivity index (χ4v) is 3.54. The Hall–Kier alpha value is -2.08. The summed E-state index contributed by atoms with van der Waals surface area (Å²) in [5.74, 6) is -0.214. The molecule has 5 nitrogen and oxygen atoms in total. The van der Waals surface area contributed by atoms with Crippen LogP contribution >= 0.6 is 11.3 Å². The van der Waals surface area contributed by atoms with Gasteiger partial charge in [0.05, 0.1) is 5.56 Å². The number of hydrogen-bond donors (Lipinski definition) is 3. The number of thiazole rings is 1. The van der Waals surface area contributed by atoms with Crippen molar-refractivity contribution in [3.8, 4) is 22.1 Å². The van der Waals surface area contributed by atoms with Gasteiger partial charge < -0.3 is 15.5 Å². The number of aromatic hydroxyl groups is 2. The minimum Gasteiger partial charge on any atom is -0.508 e. The van der Waals surface area contributed by atoms with Gasteiger partial charge in [-0.2, -0.15) is 0 Å². The van der Waals surface area contributed by atoms with Crippen LogP contribution in [-0.4, -0.2) is 27.1 Å². The van der Waals surface area contributed by atoms with Crippen LogP contribution in [0, 0.1) is 0 Å². The maximum absolute atomic E-state index is 12.2. The molecule has 2 aromatic rings. The highest BCUT2D eigenvalue weighted by Crippen LogP contribution is 2.33. The van der Waals surface area contributed by atoms with E-state index in [1.807, 2.05) is 0 Å². The molecule has 1 heterocycles. The molecule has 0 spiro atoms. The number of carbonyl (C=O) groups is 1. The van der Waals surface area contributed by atoms with Crippen molar-refractivity contribution in [2.45, 2.75) is 38.1 Å². The second kappa shape index (κ2) is 6.36. The van der Waals surface area contributed by atoms with Crippen LogP contribution in [0.3, 0.4) is 0 Å². The second-order valence-corrected chi connectivity index (χ2v) is 6.41. The van der Waals surface area contributed by atoms with Crippen molar-refractivity contribution in [1.82, 2.24) is 10.3 Å². The lowest BCUT2D eigenvalue weighted by Crippen LogP contribution is -2.36. The highest BCUT2D eigenvalue weighted by Gasteiger charge is 2.19. The van der Waals surface area contributed by atoms with Crippen LogP contribution in [0.15, 0.2) is 23.6 Å². The number of amides is 1.